The molecule has 2 saturated heterocycles. The van der Waals surface area contributed by atoms with Gasteiger partial charge in [-0.05, 0) is 74.8 Å². The molecule has 4 heterocycles. The van der Waals surface area contributed by atoms with E-state index >= 15 is 0 Å². The predicted molar refractivity (Wildman–Crippen MR) is 220 cm³/mol. The van der Waals surface area contributed by atoms with Crippen molar-refractivity contribution in [2.45, 2.75) is 109 Å². The number of carbonyl (C=O) groups excluding carboxylic acids is 3. The lowest BCUT2D eigenvalue weighted by Crippen LogP contribution is -2.55. The molecule has 0 radical (unpaired) electrons. The number of amides is 3. The van der Waals surface area contributed by atoms with E-state index in [0.717, 1.165) is 77.0 Å². The molecule has 3 amide bonds. The van der Waals surface area contributed by atoms with Gasteiger partial charge >= 0.3 is 12.0 Å². The van der Waals surface area contributed by atoms with Gasteiger partial charge in [0.1, 0.15) is 45.6 Å². The zero-order chi connectivity index (χ0) is 40.3. The molecule has 0 spiro atoms. The maximum atomic E-state index is 14.8. The Kier molecular flexibility index (Phi) is 12.2. The number of esters is 1. The largest absolute Gasteiger partial charge is 0.497 e. The number of pyridine rings is 1. The fourth-order valence-corrected chi connectivity index (χ4v) is 9.23. The van der Waals surface area contributed by atoms with Crippen molar-refractivity contribution >= 4 is 40.1 Å². The van der Waals surface area contributed by atoms with Crippen LogP contribution in [0.1, 0.15) is 94.9 Å². The molecule has 3 fully saturated rings. The number of hydrogen-bond acceptors (Lipinski definition) is 10. The van der Waals surface area contributed by atoms with Gasteiger partial charge in [0.25, 0.3) is 0 Å². The van der Waals surface area contributed by atoms with E-state index in [4.69, 9.17) is 28.9 Å². The Labute approximate surface area is 339 Å². The van der Waals surface area contributed by atoms with Crippen LogP contribution >= 0.6 is 11.3 Å². The molecule has 0 bridgehead atoms. The van der Waals surface area contributed by atoms with Crippen molar-refractivity contribution in [3.8, 4) is 28.0 Å². The van der Waals surface area contributed by atoms with Crippen molar-refractivity contribution in [3.63, 3.8) is 0 Å². The smallest absolute Gasteiger partial charge is 0.332 e. The molecule has 1 unspecified atom stereocenters. The molecular formula is C44H55N5O7S. The number of carbonyl (C=O) groups is 3. The SMILES string of the molecule is CCOC(=O)C12C[C@H]1CCCCCCCN(Cc1ccc(OC)cc1)C(=O)N1C[C@H](Oc3cc(-c4nc(C(C)C)cs4)nc4c(C)c(OC)ccc34)C[C@H]1C(=O)N2. The van der Waals surface area contributed by atoms with Crippen LogP contribution < -0.4 is 19.5 Å². The maximum Gasteiger partial charge on any atom is 0.332 e. The number of urea groups is 1. The second kappa shape index (κ2) is 17.3. The van der Waals surface area contributed by atoms with Crippen LogP contribution in [0.5, 0.6) is 17.2 Å². The number of ether oxygens (including phenoxy) is 4. The van der Waals surface area contributed by atoms with E-state index in [-0.39, 0.29) is 43.3 Å². The van der Waals surface area contributed by atoms with Gasteiger partial charge in [0.2, 0.25) is 5.91 Å². The van der Waals surface area contributed by atoms with Crippen LogP contribution in [-0.4, -0.2) is 89.3 Å². The number of fused-ring (bicyclic) bond motifs is 3. The lowest BCUT2D eigenvalue weighted by molar-refractivity contribution is -0.149. The van der Waals surface area contributed by atoms with Gasteiger partial charge in [-0.1, -0.05) is 51.7 Å². The zero-order valence-corrected chi connectivity index (χ0v) is 34.8. The van der Waals surface area contributed by atoms with E-state index < -0.39 is 23.7 Å². The van der Waals surface area contributed by atoms with Crippen LogP contribution in [0, 0.1) is 12.8 Å². The quantitative estimate of drug-likeness (QED) is 0.158. The first kappa shape index (κ1) is 40.3. The minimum atomic E-state index is -1.08. The van der Waals surface area contributed by atoms with E-state index in [1.54, 1.807) is 26.0 Å². The number of methoxy groups -OCH3 is 2. The molecule has 12 nitrogen and oxygen atoms in total. The third kappa shape index (κ3) is 8.54. The van der Waals surface area contributed by atoms with Crippen LogP contribution in [0.4, 0.5) is 4.79 Å². The van der Waals surface area contributed by atoms with Crippen molar-refractivity contribution in [2.24, 2.45) is 5.92 Å². The number of aromatic nitrogens is 2. The molecule has 4 atom stereocenters. The van der Waals surface area contributed by atoms with Crippen molar-refractivity contribution in [1.82, 2.24) is 25.1 Å². The topological polar surface area (TPSA) is 132 Å². The van der Waals surface area contributed by atoms with E-state index in [1.165, 1.54) is 11.3 Å². The number of hydrogen-bond donors (Lipinski definition) is 1. The summed E-state index contributed by atoms with van der Waals surface area (Å²) in [5, 5.41) is 6.77. The lowest BCUT2D eigenvalue weighted by atomic mass is 10.0. The molecule has 1 aliphatic carbocycles. The minimum Gasteiger partial charge on any atom is -0.497 e. The Hall–Kier alpha value is -4.91. The number of benzene rings is 2. The highest BCUT2D eigenvalue weighted by atomic mass is 32.1. The third-order valence-electron chi connectivity index (χ3n) is 11.7. The normalized spacial score (nSPS) is 23.0. The van der Waals surface area contributed by atoms with E-state index in [0.29, 0.717) is 36.7 Å². The predicted octanol–water partition coefficient (Wildman–Crippen LogP) is 8.04. The first-order valence-corrected chi connectivity index (χ1v) is 21.2. The first-order chi connectivity index (χ1) is 27.5. The van der Waals surface area contributed by atoms with Crippen LogP contribution in [0.3, 0.4) is 0 Å². The van der Waals surface area contributed by atoms with Gasteiger partial charge < -0.3 is 34.1 Å². The second-order valence-corrected chi connectivity index (χ2v) is 16.7. The fourth-order valence-electron chi connectivity index (χ4n) is 8.29. The number of nitrogens with one attached hydrogen (secondary N) is 1. The number of aryl methyl sites for hydroxylation is 1. The average molecular weight is 798 g/mol. The standard InChI is InChI=1S/C44H55N5O7S/c1-7-55-42(51)44-23-30(44)13-11-9-8-10-12-20-48(24-29-14-16-31(53-5)17-15-29)43(52)49-25-32(21-36(49)40(50)47-44)56-38-22-34(41-46-35(26-57-41)27(2)3)45-39-28(4)37(54-6)19-18-33(38)39/h14-19,22,26-27,30,32,36H,7-13,20-21,23-25H2,1-6H3,(H,47,50)/t30-,32-,36+,44?/m1/s1. The summed E-state index contributed by atoms with van der Waals surface area (Å²) in [6.45, 7) is 9.29. The number of rotatable bonds is 10. The number of nitrogens with zero attached hydrogens (tertiary/aromatic N) is 4. The summed E-state index contributed by atoms with van der Waals surface area (Å²) >= 11 is 1.54. The molecule has 4 aromatic rings. The first-order valence-electron chi connectivity index (χ1n) is 20.3. The molecule has 57 heavy (non-hydrogen) atoms. The molecule has 3 aliphatic rings. The lowest BCUT2D eigenvalue weighted by Gasteiger charge is -2.32. The van der Waals surface area contributed by atoms with Crippen LogP contribution in [0.25, 0.3) is 21.6 Å². The summed E-state index contributed by atoms with van der Waals surface area (Å²) in [5.74, 6) is 1.53. The van der Waals surface area contributed by atoms with Gasteiger partial charge in [0.15, 0.2) is 0 Å². The Morgan fingerprint density at radius 1 is 1.00 bits per heavy atom. The highest BCUT2D eigenvalue weighted by Gasteiger charge is 2.62. The van der Waals surface area contributed by atoms with Crippen LogP contribution in [0.15, 0.2) is 47.8 Å². The maximum absolute atomic E-state index is 14.8. The van der Waals surface area contributed by atoms with E-state index in [2.05, 4.69) is 24.5 Å². The Morgan fingerprint density at radius 3 is 2.49 bits per heavy atom. The van der Waals surface area contributed by atoms with Gasteiger partial charge in [0.05, 0.1) is 38.6 Å². The summed E-state index contributed by atoms with van der Waals surface area (Å²) in [5.41, 5.74) is 3.14. The van der Waals surface area contributed by atoms with Crippen LogP contribution in [-0.2, 0) is 20.9 Å². The molecule has 304 valence electrons. The molecule has 2 aromatic heterocycles. The van der Waals surface area contributed by atoms with Gasteiger partial charge in [-0.25, -0.2) is 19.6 Å². The summed E-state index contributed by atoms with van der Waals surface area (Å²) in [6.07, 6.45) is 5.91. The molecule has 13 heteroatoms. The monoisotopic (exact) mass is 797 g/mol. The van der Waals surface area contributed by atoms with E-state index in [9.17, 15) is 14.4 Å². The molecule has 7 rings (SSSR count). The van der Waals surface area contributed by atoms with Gasteiger partial charge in [-0.3, -0.25) is 4.79 Å². The average Bonchev–Trinajstić information content (AvgIpc) is 3.49. The number of thiazole rings is 1. The van der Waals surface area contributed by atoms with Crippen molar-refractivity contribution in [2.75, 3.05) is 33.9 Å². The van der Waals surface area contributed by atoms with Crippen molar-refractivity contribution in [3.05, 3.63) is 64.7 Å². The highest BCUT2D eigenvalue weighted by Crippen LogP contribution is 2.48. The summed E-state index contributed by atoms with van der Waals surface area (Å²) < 4.78 is 23.5. The Balaban J connectivity index is 1.24. The third-order valence-corrected chi connectivity index (χ3v) is 12.6. The van der Waals surface area contributed by atoms with E-state index in [1.807, 2.05) is 54.3 Å². The van der Waals surface area contributed by atoms with Gasteiger partial charge in [-0.15, -0.1) is 11.3 Å². The molecule has 1 N–H and O–H groups in total. The minimum absolute atomic E-state index is 0.00120. The Bertz CT molecular complexity index is 2090. The summed E-state index contributed by atoms with van der Waals surface area (Å²) in [6, 6.07) is 12.4. The summed E-state index contributed by atoms with van der Waals surface area (Å²) in [4.78, 5) is 56.3. The molecule has 2 aromatic carbocycles. The Morgan fingerprint density at radius 2 is 1.77 bits per heavy atom. The molecule has 1 saturated carbocycles. The van der Waals surface area contributed by atoms with Crippen molar-refractivity contribution in [1.29, 1.82) is 0 Å². The second-order valence-electron chi connectivity index (χ2n) is 15.9. The molecule has 2 aliphatic heterocycles. The van der Waals surface area contributed by atoms with Gasteiger partial charge in [-0.2, -0.15) is 0 Å². The highest BCUT2D eigenvalue weighted by molar-refractivity contribution is 7.13. The van der Waals surface area contributed by atoms with Crippen LogP contribution in [0.2, 0.25) is 0 Å². The van der Waals surface area contributed by atoms with Crippen molar-refractivity contribution < 1.29 is 33.3 Å². The molecular weight excluding hydrogens is 743 g/mol. The van der Waals surface area contributed by atoms with Gasteiger partial charge in [0, 0.05) is 41.9 Å². The zero-order valence-electron chi connectivity index (χ0n) is 34.0. The summed E-state index contributed by atoms with van der Waals surface area (Å²) in [7, 11) is 3.27. The fraction of sp³-hybridized carbons (Fsp3) is 0.523.